The lowest BCUT2D eigenvalue weighted by atomic mass is 9.69. The first-order valence-electron chi connectivity index (χ1n) is 8.41. The maximum atomic E-state index is 5.61. The van der Waals surface area contributed by atoms with E-state index in [1.807, 2.05) is 0 Å². The van der Waals surface area contributed by atoms with Crippen LogP contribution in [0.1, 0.15) is 52.5 Å². The number of hydrogen-bond donors (Lipinski definition) is 1. The van der Waals surface area contributed by atoms with Crippen molar-refractivity contribution in [3.8, 4) is 0 Å². The van der Waals surface area contributed by atoms with Crippen molar-refractivity contribution in [2.24, 2.45) is 16.7 Å². The second-order valence-electron chi connectivity index (χ2n) is 7.60. The Balaban J connectivity index is 1.79. The molecular weight excluding hydrogens is 258 g/mol. The van der Waals surface area contributed by atoms with Gasteiger partial charge < -0.3 is 10.1 Å². The first-order chi connectivity index (χ1) is 9.99. The number of fused-ring (bicyclic) bond motifs is 2. The minimum Gasteiger partial charge on any atom is -0.381 e. The van der Waals surface area contributed by atoms with Crippen molar-refractivity contribution in [2.45, 2.75) is 59.6 Å². The largest absolute Gasteiger partial charge is 0.381 e. The third-order valence-electron chi connectivity index (χ3n) is 6.60. The van der Waals surface area contributed by atoms with Gasteiger partial charge in [-0.25, -0.2) is 0 Å². The van der Waals surface area contributed by atoms with Crippen molar-refractivity contribution in [1.29, 1.82) is 0 Å². The number of ether oxygens (including phenoxy) is 1. The van der Waals surface area contributed by atoms with Crippen molar-refractivity contribution in [2.75, 3.05) is 11.9 Å². The highest BCUT2D eigenvalue weighted by atomic mass is 16.5. The molecule has 0 radical (unpaired) electrons. The molecule has 3 atom stereocenters. The second kappa shape index (κ2) is 5.31. The Morgan fingerprint density at radius 2 is 2.00 bits per heavy atom. The number of benzene rings is 1. The van der Waals surface area contributed by atoms with Gasteiger partial charge in [0.2, 0.25) is 0 Å². The van der Waals surface area contributed by atoms with Gasteiger partial charge in [0.1, 0.15) is 0 Å². The molecule has 2 heteroatoms. The molecule has 0 amide bonds. The van der Waals surface area contributed by atoms with Gasteiger partial charge in [-0.05, 0) is 49.0 Å². The monoisotopic (exact) mass is 287 g/mol. The van der Waals surface area contributed by atoms with E-state index in [-0.39, 0.29) is 0 Å². The molecule has 2 aliphatic rings. The Morgan fingerprint density at radius 1 is 1.24 bits per heavy atom. The Labute approximate surface area is 129 Å². The Bertz CT molecular complexity index is 510. The lowest BCUT2D eigenvalue weighted by Gasteiger charge is -2.40. The lowest BCUT2D eigenvalue weighted by molar-refractivity contribution is 0.133. The summed E-state index contributed by atoms with van der Waals surface area (Å²) in [4.78, 5) is 0. The van der Waals surface area contributed by atoms with Crippen molar-refractivity contribution in [3.05, 3.63) is 29.8 Å². The molecule has 0 saturated heterocycles. The van der Waals surface area contributed by atoms with Crippen LogP contribution in [-0.4, -0.2) is 12.6 Å². The molecule has 0 heterocycles. The van der Waals surface area contributed by atoms with Crippen LogP contribution in [0.15, 0.2) is 24.3 Å². The average Bonchev–Trinajstić information content (AvgIpc) is 2.79. The zero-order chi connectivity index (χ0) is 15.1. The molecule has 1 aromatic carbocycles. The topological polar surface area (TPSA) is 21.3 Å². The molecule has 116 valence electrons. The molecule has 2 nitrogen and oxygen atoms in total. The molecule has 1 aromatic rings. The molecule has 2 bridgehead atoms. The van der Waals surface area contributed by atoms with Gasteiger partial charge in [0, 0.05) is 23.9 Å². The third-order valence-corrected chi connectivity index (χ3v) is 6.60. The number of hydrogen-bond acceptors (Lipinski definition) is 2. The van der Waals surface area contributed by atoms with Gasteiger partial charge in [0.25, 0.3) is 0 Å². The van der Waals surface area contributed by atoms with Crippen LogP contribution in [0, 0.1) is 16.7 Å². The zero-order valence-corrected chi connectivity index (χ0v) is 13.9. The fraction of sp³-hybridized carbons (Fsp3) is 0.684. The van der Waals surface area contributed by atoms with Gasteiger partial charge in [-0.2, -0.15) is 0 Å². The minimum atomic E-state index is 0.413. The highest BCUT2D eigenvalue weighted by Gasteiger charge is 2.61. The van der Waals surface area contributed by atoms with Gasteiger partial charge >= 0.3 is 0 Å². The normalized spacial score (nSPS) is 33.3. The van der Waals surface area contributed by atoms with E-state index in [4.69, 9.17) is 4.74 Å². The van der Waals surface area contributed by atoms with E-state index in [1.54, 1.807) is 0 Å². The van der Waals surface area contributed by atoms with Gasteiger partial charge in [-0.15, -0.1) is 0 Å². The van der Waals surface area contributed by atoms with Crippen molar-refractivity contribution >= 4 is 5.69 Å². The van der Waals surface area contributed by atoms with Crippen LogP contribution in [0.3, 0.4) is 0 Å². The van der Waals surface area contributed by atoms with Crippen LogP contribution < -0.4 is 5.32 Å². The highest BCUT2D eigenvalue weighted by Crippen LogP contribution is 2.65. The van der Waals surface area contributed by atoms with Crippen LogP contribution in [0.5, 0.6) is 0 Å². The summed E-state index contributed by atoms with van der Waals surface area (Å²) < 4.78 is 5.61. The number of nitrogens with one attached hydrogen (secondary N) is 1. The molecule has 0 spiro atoms. The molecule has 3 rings (SSSR count). The van der Waals surface area contributed by atoms with Crippen LogP contribution in [0.2, 0.25) is 0 Å². The fourth-order valence-electron chi connectivity index (χ4n) is 4.61. The molecule has 2 aliphatic carbocycles. The van der Waals surface area contributed by atoms with Crippen molar-refractivity contribution in [1.82, 2.24) is 0 Å². The van der Waals surface area contributed by atoms with Crippen molar-refractivity contribution in [3.63, 3.8) is 0 Å². The van der Waals surface area contributed by atoms with Crippen LogP contribution in [0.4, 0.5) is 5.69 Å². The molecule has 21 heavy (non-hydrogen) atoms. The quantitative estimate of drug-likeness (QED) is 0.836. The summed E-state index contributed by atoms with van der Waals surface area (Å²) in [7, 11) is 0. The van der Waals surface area contributed by atoms with Crippen LogP contribution >= 0.6 is 0 Å². The van der Waals surface area contributed by atoms with Crippen LogP contribution in [-0.2, 0) is 11.3 Å². The van der Waals surface area contributed by atoms with Gasteiger partial charge in [0.15, 0.2) is 0 Å². The van der Waals surface area contributed by atoms with Crippen molar-refractivity contribution < 1.29 is 4.74 Å². The van der Waals surface area contributed by atoms with Gasteiger partial charge in [0.05, 0.1) is 6.61 Å². The standard InChI is InChI=1S/C19H29NO/c1-5-21-13-14-8-6-7-9-16(14)20-17-12-15-10-11-19(17,4)18(15,2)3/h6-9,15,17,20H,5,10-13H2,1-4H3. The predicted octanol–water partition coefficient (Wildman–Crippen LogP) is 4.85. The maximum absolute atomic E-state index is 5.61. The summed E-state index contributed by atoms with van der Waals surface area (Å²) in [6, 6.07) is 9.20. The highest BCUT2D eigenvalue weighted by molar-refractivity contribution is 5.52. The number of rotatable bonds is 5. The third kappa shape index (κ3) is 2.28. The Kier molecular flexibility index (Phi) is 3.77. The molecule has 2 fully saturated rings. The van der Waals surface area contributed by atoms with E-state index in [9.17, 15) is 0 Å². The molecular formula is C19H29NO. The number of para-hydroxylation sites is 1. The van der Waals surface area contributed by atoms with E-state index in [1.165, 1.54) is 30.5 Å². The van der Waals surface area contributed by atoms with E-state index in [2.05, 4.69) is 57.3 Å². The maximum Gasteiger partial charge on any atom is 0.0736 e. The number of anilines is 1. The SMILES string of the molecule is CCOCc1ccccc1NC1CC2CCC1(C)C2(C)C. The summed E-state index contributed by atoms with van der Waals surface area (Å²) in [6.07, 6.45) is 4.07. The lowest BCUT2D eigenvalue weighted by Crippen LogP contribution is -2.40. The Morgan fingerprint density at radius 3 is 2.62 bits per heavy atom. The van der Waals surface area contributed by atoms with E-state index in [0.29, 0.717) is 23.5 Å². The zero-order valence-electron chi connectivity index (χ0n) is 13.9. The molecule has 2 saturated carbocycles. The van der Waals surface area contributed by atoms with Crippen LogP contribution in [0.25, 0.3) is 0 Å². The summed E-state index contributed by atoms with van der Waals surface area (Å²) in [5.74, 6) is 0.874. The molecule has 1 N–H and O–H groups in total. The fourth-order valence-corrected chi connectivity index (χ4v) is 4.61. The summed E-state index contributed by atoms with van der Waals surface area (Å²) in [6.45, 7) is 11.0. The predicted molar refractivity (Wildman–Crippen MR) is 88.4 cm³/mol. The van der Waals surface area contributed by atoms with E-state index >= 15 is 0 Å². The summed E-state index contributed by atoms with van der Waals surface area (Å²) >= 11 is 0. The summed E-state index contributed by atoms with van der Waals surface area (Å²) in [5.41, 5.74) is 3.42. The first-order valence-corrected chi connectivity index (χ1v) is 8.41. The van der Waals surface area contributed by atoms with Gasteiger partial charge in [-0.3, -0.25) is 0 Å². The smallest absolute Gasteiger partial charge is 0.0736 e. The first kappa shape index (κ1) is 14.9. The summed E-state index contributed by atoms with van der Waals surface area (Å²) in [5, 5.41) is 3.87. The minimum absolute atomic E-state index is 0.413. The van der Waals surface area contributed by atoms with E-state index < -0.39 is 0 Å². The average molecular weight is 287 g/mol. The Hall–Kier alpha value is -1.02. The molecule has 0 aromatic heterocycles. The van der Waals surface area contributed by atoms with E-state index in [0.717, 1.165) is 12.5 Å². The van der Waals surface area contributed by atoms with Gasteiger partial charge in [-0.1, -0.05) is 39.0 Å². The molecule has 3 unspecified atom stereocenters. The second-order valence-corrected chi connectivity index (χ2v) is 7.60. The molecule has 0 aliphatic heterocycles.